The molecule has 1 atom stereocenters. The first-order valence-electron chi connectivity index (χ1n) is 8.80. The molecule has 2 aromatic heterocycles. The van der Waals surface area contributed by atoms with Crippen molar-refractivity contribution in [1.29, 1.82) is 0 Å². The molecule has 2 aromatic rings. The van der Waals surface area contributed by atoms with Crippen LogP contribution in [0.1, 0.15) is 36.6 Å². The predicted molar refractivity (Wildman–Crippen MR) is 97.5 cm³/mol. The average molecular weight is 331 g/mol. The summed E-state index contributed by atoms with van der Waals surface area (Å²) in [5, 5.41) is 1.35. The largest absolute Gasteiger partial charge is 0.356 e. The van der Waals surface area contributed by atoms with Crippen LogP contribution in [-0.2, 0) is 12.8 Å². The Morgan fingerprint density at radius 1 is 1.22 bits per heavy atom. The number of anilines is 1. The van der Waals surface area contributed by atoms with Crippen molar-refractivity contribution in [3.8, 4) is 0 Å². The first-order valence-corrected chi connectivity index (χ1v) is 9.61. The van der Waals surface area contributed by atoms with Gasteiger partial charge in [0.25, 0.3) is 0 Å². The second-order valence-corrected chi connectivity index (χ2v) is 8.46. The molecule has 0 spiro atoms. The van der Waals surface area contributed by atoms with Crippen LogP contribution in [0.25, 0.3) is 10.2 Å². The summed E-state index contributed by atoms with van der Waals surface area (Å²) in [6.07, 6.45) is 7.91. The maximum atomic E-state index is 4.71. The van der Waals surface area contributed by atoms with Crippen LogP contribution in [0.15, 0.2) is 6.33 Å². The van der Waals surface area contributed by atoms with E-state index in [0.717, 1.165) is 11.7 Å². The lowest BCUT2D eigenvalue weighted by Gasteiger charge is -2.36. The van der Waals surface area contributed by atoms with Gasteiger partial charge in [0.15, 0.2) is 0 Å². The van der Waals surface area contributed by atoms with E-state index < -0.39 is 0 Å². The molecule has 0 N–H and O–H groups in total. The van der Waals surface area contributed by atoms with Crippen LogP contribution in [0, 0.1) is 5.92 Å². The molecule has 0 amide bonds. The first kappa shape index (κ1) is 15.3. The average Bonchev–Trinajstić information content (AvgIpc) is 2.92. The molecule has 4 nitrogen and oxygen atoms in total. The number of nitrogens with zero attached hydrogens (tertiary/aromatic N) is 4. The highest BCUT2D eigenvalue weighted by Gasteiger charge is 2.27. The monoisotopic (exact) mass is 330 g/mol. The van der Waals surface area contributed by atoms with E-state index in [1.54, 1.807) is 16.8 Å². The Kier molecular flexibility index (Phi) is 4.01. The summed E-state index contributed by atoms with van der Waals surface area (Å²) in [6.45, 7) is 4.73. The number of aryl methyl sites for hydroxylation is 1. The third-order valence-electron chi connectivity index (χ3n) is 5.64. The molecule has 0 aromatic carbocycles. The lowest BCUT2D eigenvalue weighted by molar-refractivity contribution is 0.252. The number of rotatable bonds is 2. The van der Waals surface area contributed by atoms with Crippen molar-refractivity contribution in [2.24, 2.45) is 5.92 Å². The minimum Gasteiger partial charge on any atom is -0.356 e. The molecule has 124 valence electrons. The highest BCUT2D eigenvalue weighted by Crippen LogP contribution is 2.41. The van der Waals surface area contributed by atoms with E-state index in [0.29, 0.717) is 6.04 Å². The SMILES string of the molecule is C[C@@H]1CCc2c(sc3ncnc(N(C)C4CCN(C)CC4)c23)C1. The van der Waals surface area contributed by atoms with Gasteiger partial charge < -0.3 is 9.80 Å². The standard InChI is InChI=1S/C18H26N4S/c1-12-4-5-14-15(10-12)23-18-16(14)17(19-11-20-18)22(3)13-6-8-21(2)9-7-13/h11-13H,4-10H2,1-3H3/t12-/m1/s1. The summed E-state index contributed by atoms with van der Waals surface area (Å²) in [7, 11) is 4.45. The molecule has 2 aliphatic rings. The Morgan fingerprint density at radius 3 is 2.78 bits per heavy atom. The van der Waals surface area contributed by atoms with E-state index in [-0.39, 0.29) is 0 Å². The molecule has 0 radical (unpaired) electrons. The van der Waals surface area contributed by atoms with E-state index in [1.165, 1.54) is 55.4 Å². The quantitative estimate of drug-likeness (QED) is 0.845. The number of thiophene rings is 1. The van der Waals surface area contributed by atoms with Crippen LogP contribution in [0.2, 0.25) is 0 Å². The maximum absolute atomic E-state index is 4.71. The molecule has 1 fully saturated rings. The lowest BCUT2D eigenvalue weighted by Crippen LogP contribution is -2.42. The van der Waals surface area contributed by atoms with Gasteiger partial charge in [-0.05, 0) is 63.7 Å². The Balaban J connectivity index is 1.72. The summed E-state index contributed by atoms with van der Waals surface area (Å²) >= 11 is 1.90. The molecule has 23 heavy (non-hydrogen) atoms. The lowest BCUT2D eigenvalue weighted by atomic mass is 9.89. The second-order valence-electron chi connectivity index (χ2n) is 7.37. The molecule has 1 saturated heterocycles. The number of piperidine rings is 1. The first-order chi connectivity index (χ1) is 11.1. The Hall–Kier alpha value is -1.20. The topological polar surface area (TPSA) is 32.3 Å². The Bertz CT molecular complexity index is 702. The van der Waals surface area contributed by atoms with Crippen molar-refractivity contribution < 1.29 is 0 Å². The summed E-state index contributed by atoms with van der Waals surface area (Å²) in [5.41, 5.74) is 1.54. The van der Waals surface area contributed by atoms with Crippen LogP contribution in [-0.4, -0.2) is 48.1 Å². The van der Waals surface area contributed by atoms with Gasteiger partial charge >= 0.3 is 0 Å². The predicted octanol–water partition coefficient (Wildman–Crippen LogP) is 3.35. The molecule has 0 bridgehead atoms. The highest BCUT2D eigenvalue weighted by atomic mass is 32.1. The summed E-state index contributed by atoms with van der Waals surface area (Å²) in [4.78, 5) is 16.9. The number of aromatic nitrogens is 2. The fourth-order valence-corrected chi connectivity index (χ4v) is 5.43. The van der Waals surface area contributed by atoms with Crippen molar-refractivity contribution in [2.75, 3.05) is 32.1 Å². The zero-order valence-electron chi connectivity index (χ0n) is 14.4. The number of hydrogen-bond donors (Lipinski definition) is 0. The van der Waals surface area contributed by atoms with Crippen molar-refractivity contribution in [1.82, 2.24) is 14.9 Å². The van der Waals surface area contributed by atoms with Crippen LogP contribution in [0.4, 0.5) is 5.82 Å². The van der Waals surface area contributed by atoms with Crippen LogP contribution in [0.5, 0.6) is 0 Å². The highest BCUT2D eigenvalue weighted by molar-refractivity contribution is 7.19. The summed E-state index contributed by atoms with van der Waals surface area (Å²) < 4.78 is 0. The van der Waals surface area contributed by atoms with Gasteiger partial charge in [0.05, 0.1) is 5.39 Å². The van der Waals surface area contributed by atoms with Gasteiger partial charge in [-0.2, -0.15) is 0 Å². The Morgan fingerprint density at radius 2 is 2.00 bits per heavy atom. The van der Waals surface area contributed by atoms with Crippen LogP contribution >= 0.6 is 11.3 Å². The van der Waals surface area contributed by atoms with Gasteiger partial charge in [0.2, 0.25) is 0 Å². The minimum absolute atomic E-state index is 0.599. The van der Waals surface area contributed by atoms with Gasteiger partial charge in [-0.25, -0.2) is 9.97 Å². The number of fused-ring (bicyclic) bond motifs is 3. The Labute approximate surface area is 142 Å². The maximum Gasteiger partial charge on any atom is 0.141 e. The van der Waals surface area contributed by atoms with E-state index in [1.807, 2.05) is 11.3 Å². The zero-order valence-corrected chi connectivity index (χ0v) is 15.2. The number of likely N-dealkylation sites (tertiary alicyclic amines) is 1. The van der Waals surface area contributed by atoms with E-state index in [4.69, 9.17) is 4.98 Å². The van der Waals surface area contributed by atoms with Crippen molar-refractivity contribution in [3.63, 3.8) is 0 Å². The van der Waals surface area contributed by atoms with Crippen LogP contribution < -0.4 is 4.90 Å². The summed E-state index contributed by atoms with van der Waals surface area (Å²) in [6, 6.07) is 0.599. The van der Waals surface area contributed by atoms with Gasteiger partial charge in [0, 0.05) is 18.0 Å². The minimum atomic E-state index is 0.599. The van der Waals surface area contributed by atoms with E-state index in [2.05, 4.69) is 35.8 Å². The van der Waals surface area contributed by atoms with Crippen LogP contribution in [0.3, 0.4) is 0 Å². The van der Waals surface area contributed by atoms with Gasteiger partial charge in [0.1, 0.15) is 17.0 Å². The molecule has 0 saturated carbocycles. The molecular weight excluding hydrogens is 304 g/mol. The fraction of sp³-hybridized carbons (Fsp3) is 0.667. The molecule has 1 aliphatic heterocycles. The smallest absolute Gasteiger partial charge is 0.141 e. The second kappa shape index (κ2) is 6.02. The van der Waals surface area contributed by atoms with E-state index in [9.17, 15) is 0 Å². The summed E-state index contributed by atoms with van der Waals surface area (Å²) in [5.74, 6) is 1.97. The van der Waals surface area contributed by atoms with Crippen molar-refractivity contribution in [2.45, 2.75) is 45.1 Å². The van der Waals surface area contributed by atoms with Gasteiger partial charge in [-0.3, -0.25) is 0 Å². The van der Waals surface area contributed by atoms with Crippen molar-refractivity contribution >= 4 is 27.4 Å². The fourth-order valence-electron chi connectivity index (χ4n) is 4.08. The molecule has 5 heteroatoms. The van der Waals surface area contributed by atoms with Gasteiger partial charge in [-0.15, -0.1) is 11.3 Å². The molecular formula is C18H26N4S. The van der Waals surface area contributed by atoms with Gasteiger partial charge in [-0.1, -0.05) is 6.92 Å². The number of hydrogen-bond acceptors (Lipinski definition) is 5. The molecule has 0 unspecified atom stereocenters. The van der Waals surface area contributed by atoms with Crippen molar-refractivity contribution in [3.05, 3.63) is 16.8 Å². The van der Waals surface area contributed by atoms with E-state index >= 15 is 0 Å². The normalized spacial score (nSPS) is 23.2. The third-order valence-corrected chi connectivity index (χ3v) is 6.80. The zero-order chi connectivity index (χ0) is 16.0. The molecule has 4 rings (SSSR count). The molecule has 3 heterocycles. The molecule has 1 aliphatic carbocycles. The third kappa shape index (κ3) is 2.74.